The molecule has 0 spiro atoms. The fraction of sp³-hybridized carbons (Fsp3) is 0.636. The van der Waals surface area contributed by atoms with Crippen molar-refractivity contribution in [2.75, 3.05) is 25.5 Å². The molecule has 2 aliphatic rings. The molecule has 2 atom stereocenters. The van der Waals surface area contributed by atoms with Gasteiger partial charge in [-0.25, -0.2) is 4.98 Å². The number of aryl methyl sites for hydroxylation is 1. The molecule has 1 aromatic heterocycles. The van der Waals surface area contributed by atoms with Crippen LogP contribution in [0.3, 0.4) is 0 Å². The third kappa shape index (κ3) is 1.61. The molecular weight excluding hydrogens is 204 g/mol. The number of rotatable bonds is 3. The lowest BCUT2D eigenvalue weighted by Gasteiger charge is -2.09. The molecule has 0 aromatic carbocycles. The molecule has 1 aromatic rings. The van der Waals surface area contributed by atoms with Crippen LogP contribution in [0.2, 0.25) is 0 Å². The fourth-order valence-electron chi connectivity index (χ4n) is 2.52. The summed E-state index contributed by atoms with van der Waals surface area (Å²) in [5, 5.41) is 6.84. The summed E-state index contributed by atoms with van der Waals surface area (Å²) in [5.41, 5.74) is 0. The van der Waals surface area contributed by atoms with Crippen LogP contribution in [0.15, 0.2) is 6.07 Å². The van der Waals surface area contributed by atoms with Crippen molar-refractivity contribution in [1.29, 1.82) is 0 Å². The molecule has 5 heteroatoms. The Bertz CT molecular complexity index is 399. The first-order valence-electron chi connectivity index (χ1n) is 5.65. The van der Waals surface area contributed by atoms with Crippen molar-refractivity contribution in [1.82, 2.24) is 15.3 Å². The minimum Gasteiger partial charge on any atom is -0.481 e. The molecule has 1 aliphatic heterocycles. The number of aromatic nitrogens is 2. The summed E-state index contributed by atoms with van der Waals surface area (Å²) in [4.78, 5) is 8.53. The third-order valence-electron chi connectivity index (χ3n) is 3.43. The van der Waals surface area contributed by atoms with Gasteiger partial charge in [-0.15, -0.1) is 0 Å². The van der Waals surface area contributed by atoms with E-state index in [1.165, 1.54) is 0 Å². The normalized spacial score (nSPS) is 31.0. The monoisotopic (exact) mass is 220 g/mol. The number of methoxy groups -OCH3 is 1. The van der Waals surface area contributed by atoms with Crippen LogP contribution >= 0.6 is 0 Å². The van der Waals surface area contributed by atoms with Crippen molar-refractivity contribution >= 4 is 5.82 Å². The largest absolute Gasteiger partial charge is 0.481 e. The number of ether oxygens (including phenoxy) is 1. The van der Waals surface area contributed by atoms with Crippen molar-refractivity contribution in [3.05, 3.63) is 11.9 Å². The second-order valence-electron chi connectivity index (χ2n) is 4.50. The van der Waals surface area contributed by atoms with Crippen molar-refractivity contribution < 1.29 is 4.74 Å². The predicted octanol–water partition coefficient (Wildman–Crippen LogP) is 0.423. The maximum Gasteiger partial charge on any atom is 0.218 e. The number of fused-ring (bicyclic) bond motifs is 1. The third-order valence-corrected chi connectivity index (χ3v) is 3.43. The predicted molar refractivity (Wildman–Crippen MR) is 60.6 cm³/mol. The Labute approximate surface area is 94.6 Å². The number of anilines is 1. The van der Waals surface area contributed by atoms with Gasteiger partial charge >= 0.3 is 0 Å². The van der Waals surface area contributed by atoms with Crippen LogP contribution in [-0.4, -0.2) is 36.2 Å². The highest BCUT2D eigenvalue weighted by molar-refractivity contribution is 5.42. The van der Waals surface area contributed by atoms with Gasteiger partial charge in [-0.2, -0.15) is 4.98 Å². The Morgan fingerprint density at radius 2 is 2.12 bits per heavy atom. The van der Waals surface area contributed by atoms with Gasteiger partial charge < -0.3 is 15.4 Å². The lowest BCUT2D eigenvalue weighted by molar-refractivity contribution is 0.396. The summed E-state index contributed by atoms with van der Waals surface area (Å²) < 4.78 is 5.13. The van der Waals surface area contributed by atoms with Gasteiger partial charge in [0.1, 0.15) is 11.6 Å². The smallest absolute Gasteiger partial charge is 0.218 e. The highest BCUT2D eigenvalue weighted by Crippen LogP contribution is 2.43. The molecule has 2 N–H and O–H groups in total. The summed E-state index contributed by atoms with van der Waals surface area (Å²) in [7, 11) is 1.63. The Morgan fingerprint density at radius 3 is 2.81 bits per heavy atom. The Kier molecular flexibility index (Phi) is 2.21. The number of hydrogen-bond acceptors (Lipinski definition) is 5. The maximum atomic E-state index is 5.13. The van der Waals surface area contributed by atoms with Crippen LogP contribution in [0, 0.1) is 18.8 Å². The van der Waals surface area contributed by atoms with Gasteiger partial charge in [-0.1, -0.05) is 0 Å². The number of nitrogens with zero attached hydrogens (tertiary/aromatic N) is 2. The molecule has 2 heterocycles. The first-order valence-corrected chi connectivity index (χ1v) is 5.65. The zero-order valence-electron chi connectivity index (χ0n) is 9.53. The SMILES string of the molecule is COc1cc(NC2C3CNCC32)nc(C)n1. The summed E-state index contributed by atoms with van der Waals surface area (Å²) in [5.74, 6) is 3.80. The van der Waals surface area contributed by atoms with Crippen LogP contribution in [0.5, 0.6) is 5.88 Å². The van der Waals surface area contributed by atoms with Crippen LogP contribution in [-0.2, 0) is 0 Å². The van der Waals surface area contributed by atoms with Crippen LogP contribution in [0.1, 0.15) is 5.82 Å². The average molecular weight is 220 g/mol. The van der Waals surface area contributed by atoms with Crippen molar-refractivity contribution in [3.8, 4) is 5.88 Å². The van der Waals surface area contributed by atoms with E-state index in [0.717, 1.165) is 36.6 Å². The highest BCUT2D eigenvalue weighted by Gasteiger charge is 2.53. The Morgan fingerprint density at radius 1 is 1.38 bits per heavy atom. The number of nitrogens with one attached hydrogen (secondary N) is 2. The summed E-state index contributed by atoms with van der Waals surface area (Å²) >= 11 is 0. The number of piperidine rings is 1. The van der Waals surface area contributed by atoms with E-state index >= 15 is 0 Å². The first-order chi connectivity index (χ1) is 7.78. The molecule has 0 radical (unpaired) electrons. The molecule has 86 valence electrons. The Hall–Kier alpha value is -1.36. The quantitative estimate of drug-likeness (QED) is 0.773. The van der Waals surface area contributed by atoms with E-state index in [2.05, 4.69) is 20.6 Å². The van der Waals surface area contributed by atoms with Gasteiger partial charge in [0.2, 0.25) is 5.88 Å². The van der Waals surface area contributed by atoms with Crippen LogP contribution in [0.25, 0.3) is 0 Å². The zero-order valence-corrected chi connectivity index (χ0v) is 9.53. The molecule has 1 aliphatic carbocycles. The summed E-state index contributed by atoms with van der Waals surface area (Å²) in [6.45, 7) is 4.13. The van der Waals surface area contributed by atoms with E-state index in [1.807, 2.05) is 13.0 Å². The zero-order chi connectivity index (χ0) is 11.1. The van der Waals surface area contributed by atoms with E-state index in [0.29, 0.717) is 11.9 Å². The molecule has 0 bridgehead atoms. The number of hydrogen-bond donors (Lipinski definition) is 2. The van der Waals surface area contributed by atoms with Gasteiger partial charge in [0.05, 0.1) is 7.11 Å². The molecule has 5 nitrogen and oxygen atoms in total. The summed E-state index contributed by atoms with van der Waals surface area (Å²) in [6, 6.07) is 2.44. The van der Waals surface area contributed by atoms with Gasteiger partial charge in [0.15, 0.2) is 0 Å². The fourth-order valence-corrected chi connectivity index (χ4v) is 2.52. The van der Waals surface area contributed by atoms with E-state index in [1.54, 1.807) is 7.11 Å². The van der Waals surface area contributed by atoms with Crippen LogP contribution in [0.4, 0.5) is 5.82 Å². The minimum absolute atomic E-state index is 0.584. The van der Waals surface area contributed by atoms with Gasteiger partial charge in [0, 0.05) is 25.2 Å². The molecule has 1 saturated carbocycles. The average Bonchev–Trinajstić information content (AvgIpc) is 2.74. The van der Waals surface area contributed by atoms with Gasteiger partial charge in [-0.05, 0) is 18.8 Å². The lowest BCUT2D eigenvalue weighted by Crippen LogP contribution is -2.21. The lowest BCUT2D eigenvalue weighted by atomic mass is 10.4. The summed E-state index contributed by atoms with van der Waals surface area (Å²) in [6.07, 6.45) is 0. The van der Waals surface area contributed by atoms with E-state index in [9.17, 15) is 0 Å². The van der Waals surface area contributed by atoms with Crippen LogP contribution < -0.4 is 15.4 Å². The second kappa shape index (κ2) is 3.59. The van der Waals surface area contributed by atoms with Crippen molar-refractivity contribution in [2.24, 2.45) is 11.8 Å². The van der Waals surface area contributed by atoms with E-state index in [-0.39, 0.29) is 0 Å². The van der Waals surface area contributed by atoms with E-state index < -0.39 is 0 Å². The van der Waals surface area contributed by atoms with Gasteiger partial charge in [0.25, 0.3) is 0 Å². The van der Waals surface area contributed by atoms with Gasteiger partial charge in [-0.3, -0.25) is 0 Å². The molecule has 1 saturated heterocycles. The highest BCUT2D eigenvalue weighted by atomic mass is 16.5. The minimum atomic E-state index is 0.584. The molecule has 0 amide bonds. The Balaban J connectivity index is 1.72. The van der Waals surface area contributed by atoms with Crippen molar-refractivity contribution in [3.63, 3.8) is 0 Å². The topological polar surface area (TPSA) is 59.1 Å². The second-order valence-corrected chi connectivity index (χ2v) is 4.50. The molecule has 2 fully saturated rings. The standard InChI is InChI=1S/C11H16N4O/c1-6-13-9(3-10(14-6)16-2)15-11-7-4-12-5-8(7)11/h3,7-8,11-12H,4-5H2,1-2H3,(H,13,14,15). The molecule has 2 unspecified atom stereocenters. The van der Waals surface area contributed by atoms with Crippen molar-refractivity contribution in [2.45, 2.75) is 13.0 Å². The molecule has 3 rings (SSSR count). The maximum absolute atomic E-state index is 5.13. The first kappa shape index (κ1) is 9.84. The molecular formula is C11H16N4O. The van der Waals surface area contributed by atoms with E-state index in [4.69, 9.17) is 4.74 Å². The molecule has 16 heavy (non-hydrogen) atoms.